The number of unbranched alkanes of at least 4 members (excludes halogenated alkanes) is 10. The zero-order valence-electron chi connectivity index (χ0n) is 32.6. The van der Waals surface area contributed by atoms with Gasteiger partial charge in [0.2, 0.25) is 0 Å². The number of ether oxygens (including phenoxy) is 2. The lowest BCUT2D eigenvalue weighted by molar-refractivity contribution is -0.161. The number of phosphoric ester groups is 1. The Labute approximate surface area is 320 Å². The lowest BCUT2D eigenvalue weighted by atomic mass is 10.1. The Balaban J connectivity index is 4.20. The number of ketones is 1. The van der Waals surface area contributed by atoms with Crippen LogP contribution in [-0.4, -0.2) is 46.8 Å². The number of esters is 2. The average Bonchev–Trinajstić information content (AvgIpc) is 3.12. The van der Waals surface area contributed by atoms with Crippen LogP contribution in [0.4, 0.5) is 0 Å². The average molecular weight is 761 g/mol. The molecule has 10 heteroatoms. The molecule has 53 heavy (non-hydrogen) atoms. The fourth-order valence-electron chi connectivity index (χ4n) is 4.86. The summed E-state index contributed by atoms with van der Waals surface area (Å²) >= 11 is 0. The van der Waals surface area contributed by atoms with Crippen LogP contribution in [0.3, 0.4) is 0 Å². The summed E-state index contributed by atoms with van der Waals surface area (Å²) in [6.07, 6.45) is 45.8. The van der Waals surface area contributed by atoms with Gasteiger partial charge in [-0.1, -0.05) is 138 Å². The molecule has 0 radical (unpaired) electrons. The van der Waals surface area contributed by atoms with Gasteiger partial charge in [0.15, 0.2) is 11.9 Å². The van der Waals surface area contributed by atoms with Crippen LogP contribution in [0.25, 0.3) is 0 Å². The molecule has 0 aliphatic rings. The topological polar surface area (TPSA) is 136 Å². The van der Waals surface area contributed by atoms with Crippen molar-refractivity contribution in [3.05, 3.63) is 85.1 Å². The lowest BCUT2D eigenvalue weighted by Gasteiger charge is -2.18. The highest BCUT2D eigenvalue weighted by molar-refractivity contribution is 7.46. The Hall–Kier alpha value is -3.10. The normalized spacial score (nSPS) is 13.3. The summed E-state index contributed by atoms with van der Waals surface area (Å²) in [5, 5.41) is 0. The van der Waals surface area contributed by atoms with E-state index in [0.29, 0.717) is 32.1 Å². The fourth-order valence-corrected chi connectivity index (χ4v) is 5.22. The molecule has 9 nitrogen and oxygen atoms in total. The molecule has 0 heterocycles. The van der Waals surface area contributed by atoms with Gasteiger partial charge < -0.3 is 19.3 Å². The van der Waals surface area contributed by atoms with E-state index in [2.05, 4.69) is 48.8 Å². The molecule has 0 aromatic rings. The number of rotatable bonds is 35. The molecule has 0 amide bonds. The van der Waals surface area contributed by atoms with E-state index in [-0.39, 0.29) is 25.2 Å². The Morgan fingerprint density at radius 2 is 1.04 bits per heavy atom. The molecule has 0 unspecified atom stereocenters. The van der Waals surface area contributed by atoms with Gasteiger partial charge in [0.05, 0.1) is 6.61 Å². The van der Waals surface area contributed by atoms with E-state index in [1.54, 1.807) is 12.2 Å². The number of hydrogen-bond donors (Lipinski definition) is 2. The van der Waals surface area contributed by atoms with Crippen molar-refractivity contribution in [2.75, 3.05) is 13.2 Å². The summed E-state index contributed by atoms with van der Waals surface area (Å²) in [5.41, 5.74) is 0. The maximum absolute atomic E-state index is 12.4. The smallest absolute Gasteiger partial charge is 0.462 e. The minimum absolute atomic E-state index is 0.0947. The monoisotopic (exact) mass is 760 g/mol. The van der Waals surface area contributed by atoms with Gasteiger partial charge in [0.25, 0.3) is 0 Å². The highest BCUT2D eigenvalue weighted by Crippen LogP contribution is 2.35. The zero-order chi connectivity index (χ0) is 39.1. The number of allylic oxidation sites excluding steroid dienone is 14. The fraction of sp³-hybridized carbons (Fsp3) is 0.605. The largest absolute Gasteiger partial charge is 0.469 e. The van der Waals surface area contributed by atoms with Crippen LogP contribution in [0.15, 0.2) is 85.1 Å². The Bertz CT molecular complexity index is 1190. The summed E-state index contributed by atoms with van der Waals surface area (Å²) in [6, 6.07) is 0. The summed E-state index contributed by atoms with van der Waals surface area (Å²) in [4.78, 5) is 54.4. The highest BCUT2D eigenvalue weighted by Gasteiger charge is 2.22. The first-order valence-corrected chi connectivity index (χ1v) is 21.4. The van der Waals surface area contributed by atoms with Gasteiger partial charge in [-0.25, -0.2) is 4.57 Å². The number of carbonyl (C=O) groups excluding carboxylic acids is 3. The first kappa shape index (κ1) is 49.9. The van der Waals surface area contributed by atoms with Crippen LogP contribution in [0.2, 0.25) is 0 Å². The van der Waals surface area contributed by atoms with Crippen molar-refractivity contribution in [3.63, 3.8) is 0 Å². The van der Waals surface area contributed by atoms with Gasteiger partial charge in [0.1, 0.15) is 6.61 Å². The van der Waals surface area contributed by atoms with Crippen LogP contribution < -0.4 is 0 Å². The molecule has 0 bridgehead atoms. The third kappa shape index (κ3) is 39.9. The van der Waals surface area contributed by atoms with Crippen molar-refractivity contribution in [2.45, 2.75) is 155 Å². The molecule has 0 spiro atoms. The van der Waals surface area contributed by atoms with Crippen molar-refractivity contribution < 1.29 is 42.7 Å². The number of hydrogen-bond acceptors (Lipinski definition) is 7. The lowest BCUT2D eigenvalue weighted by Crippen LogP contribution is -2.29. The van der Waals surface area contributed by atoms with E-state index in [9.17, 15) is 18.9 Å². The molecule has 0 saturated carbocycles. The van der Waals surface area contributed by atoms with Crippen molar-refractivity contribution in [1.82, 2.24) is 0 Å². The Kier molecular flexibility index (Phi) is 35.0. The quantitative estimate of drug-likeness (QED) is 0.0161. The predicted octanol–water partition coefficient (Wildman–Crippen LogP) is 11.2. The Morgan fingerprint density at radius 1 is 0.547 bits per heavy atom. The van der Waals surface area contributed by atoms with E-state index in [1.165, 1.54) is 38.5 Å². The van der Waals surface area contributed by atoms with E-state index in [0.717, 1.165) is 51.4 Å². The van der Waals surface area contributed by atoms with Crippen LogP contribution in [0.1, 0.15) is 149 Å². The summed E-state index contributed by atoms with van der Waals surface area (Å²) < 4.78 is 26.2. The molecule has 1 atom stereocenters. The first-order valence-electron chi connectivity index (χ1n) is 19.8. The second-order valence-corrected chi connectivity index (χ2v) is 14.2. The molecular weight excluding hydrogens is 691 g/mol. The second kappa shape index (κ2) is 37.2. The van der Waals surface area contributed by atoms with Crippen molar-refractivity contribution >= 4 is 25.5 Å². The summed E-state index contributed by atoms with van der Waals surface area (Å²) in [7, 11) is -4.80. The van der Waals surface area contributed by atoms with Gasteiger partial charge in [-0.05, 0) is 76.7 Å². The van der Waals surface area contributed by atoms with Gasteiger partial charge in [-0.15, -0.1) is 0 Å². The van der Waals surface area contributed by atoms with Gasteiger partial charge in [0, 0.05) is 19.3 Å². The third-order valence-electron chi connectivity index (χ3n) is 7.86. The number of carbonyl (C=O) groups is 3. The minimum Gasteiger partial charge on any atom is -0.462 e. The van der Waals surface area contributed by atoms with E-state index in [4.69, 9.17) is 19.3 Å². The molecule has 300 valence electrons. The van der Waals surface area contributed by atoms with Gasteiger partial charge in [-0.3, -0.25) is 18.9 Å². The van der Waals surface area contributed by atoms with E-state index in [1.807, 2.05) is 42.5 Å². The summed E-state index contributed by atoms with van der Waals surface area (Å²) in [5.74, 6) is -0.895. The van der Waals surface area contributed by atoms with Crippen molar-refractivity contribution in [3.8, 4) is 0 Å². The van der Waals surface area contributed by atoms with Crippen LogP contribution in [0.5, 0.6) is 0 Å². The molecule has 2 N–H and O–H groups in total. The van der Waals surface area contributed by atoms with Crippen LogP contribution >= 0.6 is 7.82 Å². The minimum atomic E-state index is -4.80. The van der Waals surface area contributed by atoms with Gasteiger partial charge in [-0.2, -0.15) is 0 Å². The predicted molar refractivity (Wildman–Crippen MR) is 216 cm³/mol. The Morgan fingerprint density at radius 3 is 1.62 bits per heavy atom. The second-order valence-electron chi connectivity index (χ2n) is 12.9. The zero-order valence-corrected chi connectivity index (χ0v) is 33.5. The third-order valence-corrected chi connectivity index (χ3v) is 8.35. The highest BCUT2D eigenvalue weighted by atomic mass is 31.2. The van der Waals surface area contributed by atoms with Crippen molar-refractivity contribution in [2.24, 2.45) is 0 Å². The molecular formula is C43H69O9P. The van der Waals surface area contributed by atoms with Crippen LogP contribution in [-0.2, 0) is 32.9 Å². The molecule has 0 aliphatic heterocycles. The SMILES string of the molecule is CCCCCCCC/C=C\C/C=C\C/C=C\CCCC(=O)OC[C@H](COP(=O)(O)O)OC(=O)CCC/C=C\C/C=C\C/C=C\C=C\C(=O)CCCCC. The molecule has 0 aliphatic carbocycles. The first-order chi connectivity index (χ1) is 25.7. The molecule has 0 fully saturated rings. The maximum Gasteiger partial charge on any atom is 0.469 e. The van der Waals surface area contributed by atoms with Crippen molar-refractivity contribution in [1.29, 1.82) is 0 Å². The standard InChI is InChI=1S/C43H69O9P/c1-3-5-7-8-9-10-11-12-13-14-15-16-19-22-25-28-32-36-42(45)50-38-41(39-51-53(47,48)49)52-43(46)37-33-29-26-23-20-17-18-21-24-27-31-35-40(44)34-30-6-4-2/h12-13,15-18,22-27,31,35,41H,3-11,14,19-21,28-30,32-34,36-39H2,1-2H3,(H2,47,48,49)/b13-12-,16-15-,18-17-,25-22-,26-23-,27-24-,35-31+/t41-/m1/s1. The molecule has 0 aromatic heterocycles. The van der Waals surface area contributed by atoms with E-state index < -0.39 is 32.5 Å². The molecule has 0 rings (SSSR count). The van der Waals surface area contributed by atoms with E-state index >= 15 is 0 Å². The molecule has 0 aromatic carbocycles. The summed E-state index contributed by atoms with van der Waals surface area (Å²) in [6.45, 7) is 3.41. The van der Waals surface area contributed by atoms with Gasteiger partial charge >= 0.3 is 19.8 Å². The molecule has 0 saturated heterocycles. The van der Waals surface area contributed by atoms with Crippen LogP contribution in [0, 0.1) is 0 Å². The number of phosphoric acid groups is 1. The maximum atomic E-state index is 12.4.